The van der Waals surface area contributed by atoms with E-state index in [0.29, 0.717) is 69.4 Å². The van der Waals surface area contributed by atoms with Crippen molar-refractivity contribution >= 4 is 25.7 Å². The molecule has 2 aromatic rings. The van der Waals surface area contributed by atoms with E-state index in [4.69, 9.17) is 14.2 Å². The van der Waals surface area contributed by atoms with Crippen LogP contribution in [0.1, 0.15) is 19.3 Å². The van der Waals surface area contributed by atoms with E-state index in [9.17, 15) is 21.9 Å². The number of piperidine rings is 1. The first-order valence-corrected chi connectivity index (χ1v) is 16.5. The number of hydrogen-bond donors (Lipinski definition) is 3. The molecule has 4 heterocycles. The van der Waals surface area contributed by atoms with Crippen LogP contribution in [0.2, 0.25) is 0 Å². The average molecular weight is 612 g/mol. The molecule has 3 N–H and O–H groups in total. The standard InChI is InChI=1S/C26H37N5O8S2/c1-27-40(33,34)22-5-3-4-21(12-22)38-18-20(32)15-28-19-14-26(39-17-19)6-8-31(9-7-26)41(35,36)23-13-24-25(29-16-23)37-11-10-30(24)2/h3-5,12-13,16,19-20,27-28,32H,6-11,14-15,17-18H2,1-2H3/t19?,20-/m0/s1. The molecule has 0 radical (unpaired) electrons. The number of benzene rings is 1. The second-order valence-electron chi connectivity index (χ2n) is 10.6. The zero-order valence-corrected chi connectivity index (χ0v) is 24.8. The molecule has 2 saturated heterocycles. The van der Waals surface area contributed by atoms with Crippen molar-refractivity contribution in [3.8, 4) is 11.6 Å². The fourth-order valence-electron chi connectivity index (χ4n) is 5.36. The molecule has 5 rings (SSSR count). The van der Waals surface area contributed by atoms with Crippen LogP contribution in [0.4, 0.5) is 5.69 Å². The Balaban J connectivity index is 1.09. The van der Waals surface area contributed by atoms with Gasteiger partial charge in [-0.05, 0) is 44.5 Å². The number of sulfonamides is 2. The van der Waals surface area contributed by atoms with Crippen LogP contribution < -0.4 is 24.4 Å². The van der Waals surface area contributed by atoms with E-state index >= 15 is 0 Å². The van der Waals surface area contributed by atoms with Crippen LogP contribution in [0.15, 0.2) is 46.3 Å². The van der Waals surface area contributed by atoms with Gasteiger partial charge in [0, 0.05) is 38.8 Å². The van der Waals surface area contributed by atoms with Crippen LogP contribution in [0.3, 0.4) is 0 Å². The van der Waals surface area contributed by atoms with Crippen LogP contribution in [-0.2, 0) is 24.8 Å². The van der Waals surface area contributed by atoms with E-state index in [-0.39, 0.29) is 29.0 Å². The number of pyridine rings is 1. The summed E-state index contributed by atoms with van der Waals surface area (Å²) in [7, 11) is -4.08. The number of anilines is 1. The Morgan fingerprint density at radius 1 is 1.17 bits per heavy atom. The number of hydrogen-bond acceptors (Lipinski definition) is 11. The zero-order chi connectivity index (χ0) is 29.3. The number of fused-ring (bicyclic) bond motifs is 1. The molecule has 3 aliphatic rings. The fraction of sp³-hybridized carbons (Fsp3) is 0.577. The van der Waals surface area contributed by atoms with Crippen molar-refractivity contribution in [1.82, 2.24) is 19.3 Å². The van der Waals surface area contributed by atoms with Gasteiger partial charge >= 0.3 is 0 Å². The molecule has 15 heteroatoms. The monoisotopic (exact) mass is 611 g/mol. The second kappa shape index (κ2) is 12.0. The normalized spacial score (nSPS) is 21.8. The minimum absolute atomic E-state index is 0.0114. The van der Waals surface area contributed by atoms with Gasteiger partial charge in [-0.15, -0.1) is 0 Å². The van der Waals surface area contributed by atoms with Crippen LogP contribution in [0.25, 0.3) is 0 Å². The van der Waals surface area contributed by atoms with E-state index in [1.54, 1.807) is 18.2 Å². The number of rotatable bonds is 10. The summed E-state index contributed by atoms with van der Waals surface area (Å²) in [6.45, 7) is 2.58. The third kappa shape index (κ3) is 6.61. The third-order valence-electron chi connectivity index (χ3n) is 7.83. The maximum atomic E-state index is 13.4. The van der Waals surface area contributed by atoms with Crippen LogP contribution >= 0.6 is 0 Å². The Labute approximate surface area is 240 Å². The number of aliphatic hydroxyl groups excluding tert-OH is 1. The highest BCUT2D eigenvalue weighted by atomic mass is 32.2. The summed E-state index contributed by atoms with van der Waals surface area (Å²) in [5.41, 5.74) is 0.258. The zero-order valence-electron chi connectivity index (χ0n) is 23.2. The van der Waals surface area contributed by atoms with Crippen LogP contribution in [0.5, 0.6) is 11.6 Å². The van der Waals surface area contributed by atoms with Crippen molar-refractivity contribution in [3.63, 3.8) is 0 Å². The summed E-state index contributed by atoms with van der Waals surface area (Å²) in [5.74, 6) is 0.788. The maximum Gasteiger partial charge on any atom is 0.244 e. The Bertz CT molecular complexity index is 1450. The van der Waals surface area contributed by atoms with E-state index < -0.39 is 31.8 Å². The molecule has 1 aromatic carbocycles. The Hall–Kier alpha value is -2.53. The van der Waals surface area contributed by atoms with Gasteiger partial charge in [0.15, 0.2) is 0 Å². The van der Waals surface area contributed by atoms with Crippen molar-refractivity contribution in [3.05, 3.63) is 36.5 Å². The molecular weight excluding hydrogens is 574 g/mol. The van der Waals surface area contributed by atoms with Gasteiger partial charge in [-0.2, -0.15) is 4.31 Å². The van der Waals surface area contributed by atoms with Gasteiger partial charge < -0.3 is 29.5 Å². The van der Waals surface area contributed by atoms with E-state index in [0.717, 1.165) is 0 Å². The molecule has 3 aliphatic heterocycles. The minimum atomic E-state index is -3.71. The summed E-state index contributed by atoms with van der Waals surface area (Å²) >= 11 is 0. The first kappa shape index (κ1) is 29.9. The van der Waals surface area contributed by atoms with Crippen molar-refractivity contribution < 1.29 is 36.2 Å². The molecule has 0 aliphatic carbocycles. The number of aliphatic hydroxyl groups is 1. The summed E-state index contributed by atoms with van der Waals surface area (Å²) < 4.78 is 71.8. The SMILES string of the molecule is CNS(=O)(=O)c1cccc(OC[C@@H](O)CNC2COC3(CCN(S(=O)(=O)c4cnc5c(c4)N(C)CCO5)CC3)C2)c1. The lowest BCUT2D eigenvalue weighted by atomic mass is 9.88. The smallest absolute Gasteiger partial charge is 0.244 e. The van der Waals surface area contributed by atoms with Gasteiger partial charge in [0.05, 0.1) is 29.8 Å². The molecule has 1 spiro atoms. The van der Waals surface area contributed by atoms with E-state index in [1.165, 1.54) is 29.7 Å². The molecule has 2 fully saturated rings. The van der Waals surface area contributed by atoms with Crippen LogP contribution in [0, 0.1) is 0 Å². The molecule has 0 saturated carbocycles. The minimum Gasteiger partial charge on any atom is -0.491 e. The summed E-state index contributed by atoms with van der Waals surface area (Å²) in [5, 5.41) is 13.7. The van der Waals surface area contributed by atoms with Crippen molar-refractivity contribution in [1.29, 1.82) is 0 Å². The first-order chi connectivity index (χ1) is 19.5. The summed E-state index contributed by atoms with van der Waals surface area (Å²) in [4.78, 5) is 6.41. The van der Waals surface area contributed by atoms with Gasteiger partial charge in [0.25, 0.3) is 0 Å². The van der Waals surface area contributed by atoms with Gasteiger partial charge in [0.2, 0.25) is 25.9 Å². The molecule has 1 aromatic heterocycles. The maximum absolute atomic E-state index is 13.4. The largest absolute Gasteiger partial charge is 0.491 e. The number of ether oxygens (including phenoxy) is 3. The van der Waals surface area contributed by atoms with Crippen molar-refractivity contribution in [2.45, 2.75) is 46.8 Å². The lowest BCUT2D eigenvalue weighted by Crippen LogP contribution is -2.47. The highest BCUT2D eigenvalue weighted by Crippen LogP contribution is 2.38. The lowest BCUT2D eigenvalue weighted by molar-refractivity contribution is -0.0312. The van der Waals surface area contributed by atoms with E-state index in [1.807, 2.05) is 11.9 Å². The number of nitrogens with one attached hydrogen (secondary N) is 2. The summed E-state index contributed by atoms with van der Waals surface area (Å²) in [6, 6.07) is 7.72. The van der Waals surface area contributed by atoms with Crippen molar-refractivity contribution in [2.75, 3.05) is 65.0 Å². The molecule has 0 amide bonds. The van der Waals surface area contributed by atoms with Gasteiger partial charge in [0.1, 0.15) is 35.7 Å². The van der Waals surface area contributed by atoms with Gasteiger partial charge in [-0.1, -0.05) is 6.07 Å². The predicted octanol–water partition coefficient (Wildman–Crippen LogP) is 0.160. The number of nitrogens with zero attached hydrogens (tertiary/aromatic N) is 3. The topological polar surface area (TPSA) is 160 Å². The first-order valence-electron chi connectivity index (χ1n) is 13.6. The van der Waals surface area contributed by atoms with E-state index in [2.05, 4.69) is 15.0 Å². The van der Waals surface area contributed by atoms with Crippen molar-refractivity contribution in [2.24, 2.45) is 0 Å². The molecule has 41 heavy (non-hydrogen) atoms. The predicted molar refractivity (Wildman–Crippen MR) is 150 cm³/mol. The molecular formula is C26H37N5O8S2. The quantitative estimate of drug-likeness (QED) is 0.336. The second-order valence-corrected chi connectivity index (χ2v) is 14.4. The molecule has 13 nitrogen and oxygen atoms in total. The van der Waals surface area contributed by atoms with Crippen LogP contribution in [-0.4, -0.2) is 109 Å². The number of likely N-dealkylation sites (N-methyl/N-ethyl adjacent to an activating group) is 1. The lowest BCUT2D eigenvalue weighted by Gasteiger charge is -2.38. The molecule has 0 bridgehead atoms. The molecule has 2 atom stereocenters. The Morgan fingerprint density at radius 3 is 2.71 bits per heavy atom. The van der Waals surface area contributed by atoms with Gasteiger partial charge in [-0.3, -0.25) is 0 Å². The third-order valence-corrected chi connectivity index (χ3v) is 11.1. The fourth-order valence-corrected chi connectivity index (χ4v) is 7.53. The molecule has 1 unspecified atom stereocenters. The average Bonchev–Trinajstić information content (AvgIpc) is 3.37. The van der Waals surface area contributed by atoms with Gasteiger partial charge in [-0.25, -0.2) is 26.5 Å². The summed E-state index contributed by atoms with van der Waals surface area (Å²) in [6.07, 6.45) is 2.39. The Morgan fingerprint density at radius 2 is 1.95 bits per heavy atom. The molecule has 226 valence electrons. The number of aromatic nitrogens is 1. The highest BCUT2D eigenvalue weighted by Gasteiger charge is 2.45. The highest BCUT2D eigenvalue weighted by molar-refractivity contribution is 7.89. The Kier molecular flexibility index (Phi) is 8.76.